The molecule has 0 aromatic carbocycles. The van der Waals surface area contributed by atoms with Crippen LogP contribution in [0.5, 0.6) is 0 Å². The van der Waals surface area contributed by atoms with Gasteiger partial charge >= 0.3 is 5.97 Å². The fourth-order valence-electron chi connectivity index (χ4n) is 1.58. The van der Waals surface area contributed by atoms with E-state index < -0.39 is 5.97 Å². The minimum atomic E-state index is -0.932. The monoisotopic (exact) mass is 192 g/mol. The van der Waals surface area contributed by atoms with Crippen LogP contribution in [-0.4, -0.2) is 16.1 Å². The van der Waals surface area contributed by atoms with Gasteiger partial charge in [0.05, 0.1) is 5.56 Å². The van der Waals surface area contributed by atoms with Gasteiger partial charge in [-0.15, -0.1) is 0 Å². The van der Waals surface area contributed by atoms with Crippen molar-refractivity contribution in [2.24, 2.45) is 11.7 Å². The van der Waals surface area contributed by atoms with Gasteiger partial charge in [0.25, 0.3) is 0 Å². The molecule has 0 radical (unpaired) electrons. The van der Waals surface area contributed by atoms with Crippen molar-refractivity contribution in [3.8, 4) is 0 Å². The van der Waals surface area contributed by atoms with Crippen LogP contribution in [0.25, 0.3) is 0 Å². The third kappa shape index (κ3) is 1.61. The number of hydrogen-bond donors (Lipinski definition) is 2. The fraction of sp³-hybridized carbons (Fsp3) is 0.400. The second-order valence-electron chi connectivity index (χ2n) is 3.63. The molecule has 3 N–H and O–H groups in total. The molecule has 1 fully saturated rings. The number of hydrogen-bond acceptors (Lipinski definition) is 3. The molecular weight excluding hydrogens is 180 g/mol. The Morgan fingerprint density at radius 3 is 2.93 bits per heavy atom. The lowest BCUT2D eigenvalue weighted by atomic mass is 10.0. The van der Waals surface area contributed by atoms with Gasteiger partial charge in [-0.05, 0) is 24.8 Å². The number of nitrogens with zero attached hydrogens (tertiary/aromatic N) is 1. The van der Waals surface area contributed by atoms with E-state index >= 15 is 0 Å². The molecule has 0 amide bonds. The molecule has 2 rings (SSSR count). The molecular formula is C10H12N2O2. The average Bonchev–Trinajstić information content (AvgIpc) is 3.00. The zero-order valence-electron chi connectivity index (χ0n) is 7.68. The Kier molecular flexibility index (Phi) is 2.21. The number of aromatic nitrogens is 1. The molecule has 0 aliphatic heterocycles. The van der Waals surface area contributed by atoms with Gasteiger partial charge in [-0.25, -0.2) is 4.79 Å². The first-order chi connectivity index (χ1) is 6.70. The number of aromatic carboxylic acids is 1. The van der Waals surface area contributed by atoms with Gasteiger partial charge in [-0.2, -0.15) is 0 Å². The van der Waals surface area contributed by atoms with Crippen molar-refractivity contribution < 1.29 is 9.90 Å². The molecule has 0 unspecified atom stereocenters. The Bertz CT molecular complexity index is 361. The number of carbonyl (C=O) groups is 1. The molecule has 1 aliphatic carbocycles. The van der Waals surface area contributed by atoms with Gasteiger partial charge in [0.2, 0.25) is 0 Å². The van der Waals surface area contributed by atoms with Crippen molar-refractivity contribution in [1.82, 2.24) is 4.98 Å². The number of rotatable bonds is 3. The Morgan fingerprint density at radius 1 is 1.64 bits per heavy atom. The SMILES string of the molecule is N[C@@H](c1cnccc1C(=O)O)C1CC1. The fourth-order valence-corrected chi connectivity index (χ4v) is 1.58. The van der Waals surface area contributed by atoms with Crippen molar-refractivity contribution in [1.29, 1.82) is 0 Å². The van der Waals surface area contributed by atoms with Crippen molar-refractivity contribution in [2.45, 2.75) is 18.9 Å². The van der Waals surface area contributed by atoms with E-state index in [-0.39, 0.29) is 11.6 Å². The van der Waals surface area contributed by atoms with Gasteiger partial charge in [0.15, 0.2) is 0 Å². The summed E-state index contributed by atoms with van der Waals surface area (Å²) >= 11 is 0. The van der Waals surface area contributed by atoms with Crippen molar-refractivity contribution in [2.75, 3.05) is 0 Å². The lowest BCUT2D eigenvalue weighted by molar-refractivity contribution is 0.0695. The van der Waals surface area contributed by atoms with E-state index in [1.807, 2.05) is 0 Å². The number of pyridine rings is 1. The average molecular weight is 192 g/mol. The third-order valence-corrected chi connectivity index (χ3v) is 2.57. The zero-order chi connectivity index (χ0) is 10.1. The van der Waals surface area contributed by atoms with E-state index in [1.165, 1.54) is 12.3 Å². The summed E-state index contributed by atoms with van der Waals surface area (Å²) in [4.78, 5) is 14.8. The summed E-state index contributed by atoms with van der Waals surface area (Å²) in [6.07, 6.45) is 5.23. The first-order valence-electron chi connectivity index (χ1n) is 4.63. The number of nitrogens with two attached hydrogens (primary N) is 1. The minimum absolute atomic E-state index is 0.171. The Morgan fingerprint density at radius 2 is 2.36 bits per heavy atom. The van der Waals surface area contributed by atoms with E-state index in [0.29, 0.717) is 11.5 Å². The summed E-state index contributed by atoms with van der Waals surface area (Å²) in [7, 11) is 0. The van der Waals surface area contributed by atoms with E-state index in [4.69, 9.17) is 10.8 Å². The number of carboxylic acid groups (broad SMARTS) is 1. The molecule has 1 aromatic heterocycles. The molecule has 1 aromatic rings. The zero-order valence-corrected chi connectivity index (χ0v) is 7.68. The summed E-state index contributed by atoms with van der Waals surface area (Å²) < 4.78 is 0. The van der Waals surface area contributed by atoms with Crippen LogP contribution in [-0.2, 0) is 0 Å². The third-order valence-electron chi connectivity index (χ3n) is 2.57. The van der Waals surface area contributed by atoms with Gasteiger partial charge in [-0.3, -0.25) is 4.98 Å². The summed E-state index contributed by atoms with van der Waals surface area (Å²) in [6, 6.07) is 1.33. The van der Waals surface area contributed by atoms with E-state index in [2.05, 4.69) is 4.98 Å². The predicted octanol–water partition coefficient (Wildman–Crippen LogP) is 1.19. The predicted molar refractivity (Wildman–Crippen MR) is 50.8 cm³/mol. The molecule has 14 heavy (non-hydrogen) atoms. The van der Waals surface area contributed by atoms with Crippen LogP contribution in [0.1, 0.15) is 34.8 Å². The lowest BCUT2D eigenvalue weighted by Gasteiger charge is -2.12. The summed E-state index contributed by atoms with van der Waals surface area (Å²) in [5.74, 6) is -0.490. The summed E-state index contributed by atoms with van der Waals surface area (Å²) in [5.41, 5.74) is 6.87. The molecule has 1 saturated carbocycles. The van der Waals surface area contributed by atoms with Crippen LogP contribution in [0.4, 0.5) is 0 Å². The summed E-state index contributed by atoms with van der Waals surface area (Å²) in [5, 5.41) is 8.93. The minimum Gasteiger partial charge on any atom is -0.478 e. The standard InChI is InChI=1S/C10H12N2O2/c11-9(6-1-2-6)8-5-12-4-3-7(8)10(13)14/h3-6,9H,1-2,11H2,(H,13,14)/t9-/m1/s1. The highest BCUT2D eigenvalue weighted by Crippen LogP contribution is 2.39. The van der Waals surface area contributed by atoms with Gasteiger partial charge in [0.1, 0.15) is 0 Å². The van der Waals surface area contributed by atoms with Crippen LogP contribution in [0, 0.1) is 5.92 Å². The lowest BCUT2D eigenvalue weighted by Crippen LogP contribution is -2.17. The normalized spacial score (nSPS) is 17.8. The molecule has 0 bridgehead atoms. The van der Waals surface area contributed by atoms with Crippen LogP contribution < -0.4 is 5.73 Å². The molecule has 0 saturated heterocycles. The number of carboxylic acids is 1. The maximum absolute atomic E-state index is 10.9. The van der Waals surface area contributed by atoms with Crippen LogP contribution >= 0.6 is 0 Å². The smallest absolute Gasteiger partial charge is 0.336 e. The van der Waals surface area contributed by atoms with Crippen molar-refractivity contribution in [3.63, 3.8) is 0 Å². The first-order valence-corrected chi connectivity index (χ1v) is 4.63. The summed E-state index contributed by atoms with van der Waals surface area (Å²) in [6.45, 7) is 0. The van der Waals surface area contributed by atoms with Gasteiger partial charge in [0, 0.05) is 24.0 Å². The molecule has 74 valence electrons. The molecule has 4 heteroatoms. The molecule has 1 atom stereocenters. The molecule has 0 spiro atoms. The molecule has 4 nitrogen and oxygen atoms in total. The van der Waals surface area contributed by atoms with Crippen LogP contribution in [0.15, 0.2) is 18.5 Å². The van der Waals surface area contributed by atoms with E-state index in [1.54, 1.807) is 6.20 Å². The van der Waals surface area contributed by atoms with E-state index in [9.17, 15) is 4.79 Å². The largest absolute Gasteiger partial charge is 0.478 e. The Labute approximate surface area is 81.8 Å². The van der Waals surface area contributed by atoms with Crippen LogP contribution in [0.3, 0.4) is 0 Å². The second kappa shape index (κ2) is 3.38. The van der Waals surface area contributed by atoms with E-state index in [0.717, 1.165) is 12.8 Å². The maximum Gasteiger partial charge on any atom is 0.336 e. The Hall–Kier alpha value is -1.42. The van der Waals surface area contributed by atoms with Crippen molar-refractivity contribution >= 4 is 5.97 Å². The van der Waals surface area contributed by atoms with Gasteiger partial charge in [-0.1, -0.05) is 0 Å². The van der Waals surface area contributed by atoms with Crippen LogP contribution in [0.2, 0.25) is 0 Å². The molecule has 1 heterocycles. The molecule has 1 aliphatic rings. The second-order valence-corrected chi connectivity index (χ2v) is 3.63. The quantitative estimate of drug-likeness (QED) is 0.754. The first kappa shape index (κ1) is 9.15. The Balaban J connectivity index is 2.34. The highest BCUT2D eigenvalue weighted by atomic mass is 16.4. The van der Waals surface area contributed by atoms with Crippen molar-refractivity contribution in [3.05, 3.63) is 29.6 Å². The highest BCUT2D eigenvalue weighted by molar-refractivity contribution is 5.89. The van der Waals surface area contributed by atoms with Gasteiger partial charge < -0.3 is 10.8 Å². The maximum atomic E-state index is 10.9. The topological polar surface area (TPSA) is 76.2 Å². The highest BCUT2D eigenvalue weighted by Gasteiger charge is 2.31.